The van der Waals surface area contributed by atoms with Gasteiger partial charge in [-0.15, -0.1) is 0 Å². The Labute approximate surface area is 192 Å². The summed E-state index contributed by atoms with van der Waals surface area (Å²) in [5.74, 6) is -0.608. The lowest BCUT2D eigenvalue weighted by Gasteiger charge is -2.26. The predicted octanol–water partition coefficient (Wildman–Crippen LogP) is 1.17. The molecule has 0 atom stereocenters. The van der Waals surface area contributed by atoms with E-state index in [2.05, 4.69) is 10.9 Å². The van der Waals surface area contributed by atoms with Crippen molar-refractivity contribution >= 4 is 21.8 Å². The summed E-state index contributed by atoms with van der Waals surface area (Å²) in [7, 11) is -2.55. The molecule has 1 aliphatic rings. The molecular formula is C22H27N3O7S. The maximum atomic E-state index is 13.0. The third kappa shape index (κ3) is 6.01. The zero-order chi connectivity index (χ0) is 24.0. The topological polar surface area (TPSA) is 123 Å². The number of nitrogens with zero attached hydrogens (tertiary/aromatic N) is 1. The number of benzene rings is 2. The van der Waals surface area contributed by atoms with Crippen LogP contribution >= 0.6 is 0 Å². The van der Waals surface area contributed by atoms with Crippen LogP contribution in [0, 0.1) is 13.8 Å². The van der Waals surface area contributed by atoms with Gasteiger partial charge in [0, 0.05) is 18.7 Å². The first-order valence-electron chi connectivity index (χ1n) is 10.3. The van der Waals surface area contributed by atoms with Gasteiger partial charge in [0.1, 0.15) is 16.4 Å². The van der Waals surface area contributed by atoms with Crippen LogP contribution in [-0.4, -0.2) is 64.6 Å². The largest absolute Gasteiger partial charge is 0.495 e. The lowest BCUT2D eigenvalue weighted by molar-refractivity contribution is -0.123. The number of hydrogen-bond donors (Lipinski definition) is 2. The fraction of sp³-hybridized carbons (Fsp3) is 0.364. The van der Waals surface area contributed by atoms with E-state index >= 15 is 0 Å². The maximum absolute atomic E-state index is 13.0. The highest BCUT2D eigenvalue weighted by atomic mass is 32.2. The highest BCUT2D eigenvalue weighted by molar-refractivity contribution is 7.89. The lowest BCUT2D eigenvalue weighted by Crippen LogP contribution is -2.44. The third-order valence-corrected chi connectivity index (χ3v) is 7.10. The second kappa shape index (κ2) is 10.6. The van der Waals surface area contributed by atoms with Gasteiger partial charge in [-0.3, -0.25) is 20.4 Å². The van der Waals surface area contributed by atoms with Gasteiger partial charge >= 0.3 is 0 Å². The Balaban J connectivity index is 1.64. The zero-order valence-electron chi connectivity index (χ0n) is 18.7. The van der Waals surface area contributed by atoms with Crippen molar-refractivity contribution in [2.24, 2.45) is 0 Å². The van der Waals surface area contributed by atoms with Gasteiger partial charge in [0.15, 0.2) is 6.61 Å². The molecule has 0 aliphatic carbocycles. The summed E-state index contributed by atoms with van der Waals surface area (Å²) in [6, 6.07) is 9.47. The van der Waals surface area contributed by atoms with Gasteiger partial charge in [0.25, 0.3) is 11.8 Å². The van der Waals surface area contributed by atoms with Crippen molar-refractivity contribution in [3.05, 3.63) is 53.1 Å². The van der Waals surface area contributed by atoms with Crippen molar-refractivity contribution in [2.45, 2.75) is 18.7 Å². The van der Waals surface area contributed by atoms with Gasteiger partial charge in [-0.05, 0) is 55.3 Å². The molecule has 10 nitrogen and oxygen atoms in total. The van der Waals surface area contributed by atoms with Crippen LogP contribution in [0.1, 0.15) is 21.5 Å². The summed E-state index contributed by atoms with van der Waals surface area (Å²) in [6.07, 6.45) is 0. The molecule has 2 aromatic rings. The number of sulfonamides is 1. The van der Waals surface area contributed by atoms with E-state index in [0.717, 1.165) is 11.1 Å². The Morgan fingerprint density at radius 3 is 2.42 bits per heavy atom. The Kier molecular flexibility index (Phi) is 7.90. The number of methoxy groups -OCH3 is 1. The SMILES string of the molecule is COc1ccc(C(=O)NNC(=O)COc2ccc(C)c(C)c2)cc1S(=O)(=O)N1CCOCC1. The first-order chi connectivity index (χ1) is 15.7. The Bertz CT molecular complexity index is 1130. The normalized spacial score (nSPS) is 14.4. The molecule has 2 amide bonds. The number of ether oxygens (including phenoxy) is 3. The summed E-state index contributed by atoms with van der Waals surface area (Å²) in [4.78, 5) is 24.4. The van der Waals surface area contributed by atoms with Crippen LogP contribution < -0.4 is 20.3 Å². The number of hydrogen-bond acceptors (Lipinski definition) is 7. The number of morpholine rings is 1. The van der Waals surface area contributed by atoms with Gasteiger partial charge in [-0.25, -0.2) is 8.42 Å². The molecule has 2 aromatic carbocycles. The van der Waals surface area contributed by atoms with Crippen LogP contribution in [-0.2, 0) is 19.6 Å². The first-order valence-corrected chi connectivity index (χ1v) is 11.7. The number of amides is 2. The average Bonchev–Trinajstić information content (AvgIpc) is 2.83. The Hall–Kier alpha value is -3.15. The molecule has 0 bridgehead atoms. The summed E-state index contributed by atoms with van der Waals surface area (Å²) in [5, 5.41) is 0. The van der Waals surface area contributed by atoms with Crippen LogP contribution in [0.25, 0.3) is 0 Å². The molecule has 0 spiro atoms. The molecule has 1 heterocycles. The van der Waals surface area contributed by atoms with Crippen LogP contribution in [0.2, 0.25) is 0 Å². The monoisotopic (exact) mass is 477 g/mol. The number of hydrazine groups is 1. The molecule has 1 saturated heterocycles. The second-order valence-corrected chi connectivity index (χ2v) is 9.33. The average molecular weight is 478 g/mol. The molecule has 0 unspecified atom stereocenters. The fourth-order valence-corrected chi connectivity index (χ4v) is 4.72. The molecule has 0 aromatic heterocycles. The van der Waals surface area contributed by atoms with Crippen molar-refractivity contribution < 1.29 is 32.2 Å². The quantitative estimate of drug-likeness (QED) is 0.574. The fourth-order valence-electron chi connectivity index (χ4n) is 3.13. The minimum Gasteiger partial charge on any atom is -0.495 e. The van der Waals surface area contributed by atoms with Crippen molar-refractivity contribution in [3.63, 3.8) is 0 Å². The van der Waals surface area contributed by atoms with Gasteiger partial charge in [-0.1, -0.05) is 6.07 Å². The molecular weight excluding hydrogens is 450 g/mol. The van der Waals surface area contributed by atoms with Gasteiger partial charge < -0.3 is 14.2 Å². The minimum absolute atomic E-state index is 0.0398. The molecule has 33 heavy (non-hydrogen) atoms. The zero-order valence-corrected chi connectivity index (χ0v) is 19.5. The third-order valence-electron chi connectivity index (χ3n) is 5.18. The van der Waals surface area contributed by atoms with E-state index in [0.29, 0.717) is 5.75 Å². The molecule has 2 N–H and O–H groups in total. The number of carbonyl (C=O) groups excluding carboxylic acids is 2. The smallest absolute Gasteiger partial charge is 0.276 e. The van der Waals surface area contributed by atoms with Gasteiger partial charge in [-0.2, -0.15) is 4.31 Å². The molecule has 178 valence electrons. The van der Waals surface area contributed by atoms with Crippen LogP contribution in [0.3, 0.4) is 0 Å². The Morgan fingerprint density at radius 2 is 1.76 bits per heavy atom. The molecule has 3 rings (SSSR count). The maximum Gasteiger partial charge on any atom is 0.276 e. The van der Waals surface area contributed by atoms with E-state index in [1.54, 1.807) is 6.07 Å². The highest BCUT2D eigenvalue weighted by Gasteiger charge is 2.30. The van der Waals surface area contributed by atoms with E-state index in [9.17, 15) is 18.0 Å². The van der Waals surface area contributed by atoms with Crippen molar-refractivity contribution in [3.8, 4) is 11.5 Å². The lowest BCUT2D eigenvalue weighted by atomic mass is 10.1. The van der Waals surface area contributed by atoms with Crippen LogP contribution in [0.5, 0.6) is 11.5 Å². The number of rotatable bonds is 7. The number of aryl methyl sites for hydroxylation is 2. The van der Waals surface area contributed by atoms with E-state index in [-0.39, 0.29) is 49.1 Å². The second-order valence-electron chi connectivity index (χ2n) is 7.42. The Morgan fingerprint density at radius 1 is 1.03 bits per heavy atom. The number of nitrogens with one attached hydrogen (secondary N) is 2. The van der Waals surface area contributed by atoms with E-state index in [1.165, 1.54) is 29.6 Å². The van der Waals surface area contributed by atoms with Crippen LogP contribution in [0.4, 0.5) is 0 Å². The molecule has 1 fully saturated rings. The van der Waals surface area contributed by atoms with Crippen molar-refractivity contribution in [1.82, 2.24) is 15.2 Å². The summed E-state index contributed by atoms with van der Waals surface area (Å²) < 4.78 is 43.2. The van der Waals surface area contributed by atoms with Crippen LogP contribution in [0.15, 0.2) is 41.3 Å². The molecule has 0 saturated carbocycles. The standard InChI is InChI=1S/C22H27N3O7S/c1-15-4-6-18(12-16(15)2)32-14-21(26)23-24-22(27)17-5-7-19(30-3)20(13-17)33(28,29)25-8-10-31-11-9-25/h4-7,12-13H,8-11,14H2,1-3H3,(H,23,26)(H,24,27). The van der Waals surface area contributed by atoms with E-state index in [1.807, 2.05) is 26.0 Å². The molecule has 1 aliphatic heterocycles. The minimum atomic E-state index is -3.90. The first kappa shape index (κ1) is 24.5. The summed E-state index contributed by atoms with van der Waals surface area (Å²) >= 11 is 0. The van der Waals surface area contributed by atoms with E-state index in [4.69, 9.17) is 14.2 Å². The number of carbonyl (C=O) groups is 2. The van der Waals surface area contributed by atoms with E-state index < -0.39 is 21.8 Å². The molecule has 11 heteroatoms. The van der Waals surface area contributed by atoms with Crippen molar-refractivity contribution in [1.29, 1.82) is 0 Å². The summed E-state index contributed by atoms with van der Waals surface area (Å²) in [5.41, 5.74) is 6.70. The highest BCUT2D eigenvalue weighted by Crippen LogP contribution is 2.28. The van der Waals surface area contributed by atoms with Crippen molar-refractivity contribution in [2.75, 3.05) is 40.0 Å². The summed E-state index contributed by atoms with van der Waals surface area (Å²) in [6.45, 7) is 4.60. The van der Waals surface area contributed by atoms with Gasteiger partial charge in [0.2, 0.25) is 10.0 Å². The van der Waals surface area contributed by atoms with Gasteiger partial charge in [0.05, 0.1) is 20.3 Å². The molecule has 0 radical (unpaired) electrons. The predicted molar refractivity (Wildman–Crippen MR) is 120 cm³/mol.